The first-order chi connectivity index (χ1) is 8.70. The van der Waals surface area contributed by atoms with Gasteiger partial charge in [-0.15, -0.1) is 0 Å². The smallest absolute Gasteiger partial charge is 0.183 e. The largest absolute Gasteiger partial charge is 0.382 e. The van der Waals surface area contributed by atoms with Crippen LogP contribution < -0.4 is 5.73 Å². The second kappa shape index (κ2) is 3.08. The van der Waals surface area contributed by atoms with Crippen LogP contribution in [0.1, 0.15) is 12.8 Å². The third kappa shape index (κ3) is 1.08. The summed E-state index contributed by atoms with van der Waals surface area (Å²) in [5.74, 6) is 0.893. The Morgan fingerprint density at radius 3 is 3.06 bits per heavy atom. The predicted octanol–water partition coefficient (Wildman–Crippen LogP) is 1.06. The molecule has 6 heteroatoms. The van der Waals surface area contributed by atoms with Crippen LogP contribution in [0.5, 0.6) is 0 Å². The molecule has 3 heterocycles. The van der Waals surface area contributed by atoms with Gasteiger partial charge in [0.25, 0.3) is 0 Å². The van der Waals surface area contributed by atoms with E-state index in [4.69, 9.17) is 10.5 Å². The van der Waals surface area contributed by atoms with Crippen LogP contribution in [0.2, 0.25) is 0 Å². The molecular formula is C12H13N5O. The summed E-state index contributed by atoms with van der Waals surface area (Å²) in [5, 5.41) is 0. The minimum absolute atomic E-state index is 0.380. The van der Waals surface area contributed by atoms with Gasteiger partial charge < -0.3 is 10.5 Å². The predicted molar refractivity (Wildman–Crippen MR) is 65.5 cm³/mol. The molecule has 1 saturated carbocycles. The van der Waals surface area contributed by atoms with Gasteiger partial charge in [-0.2, -0.15) is 0 Å². The van der Waals surface area contributed by atoms with E-state index in [1.165, 1.54) is 11.9 Å². The molecule has 2 aliphatic rings. The maximum atomic E-state index is 5.97. The average Bonchev–Trinajstić information content (AvgIpc) is 3.00. The number of anilines is 1. The van der Waals surface area contributed by atoms with Crippen molar-refractivity contribution in [1.29, 1.82) is 0 Å². The average molecular weight is 243 g/mol. The lowest BCUT2D eigenvalue weighted by atomic mass is 10.1. The van der Waals surface area contributed by atoms with E-state index >= 15 is 0 Å². The lowest BCUT2D eigenvalue weighted by molar-refractivity contribution is -0.0639. The van der Waals surface area contributed by atoms with E-state index in [0.717, 1.165) is 25.0 Å². The van der Waals surface area contributed by atoms with Crippen LogP contribution in [0.25, 0.3) is 11.2 Å². The molecule has 6 nitrogen and oxygen atoms in total. The molecule has 2 aromatic rings. The molecule has 18 heavy (non-hydrogen) atoms. The van der Waals surface area contributed by atoms with Gasteiger partial charge in [-0.05, 0) is 0 Å². The minimum Gasteiger partial charge on any atom is -0.382 e. The van der Waals surface area contributed by atoms with Crippen LogP contribution in [0, 0.1) is 5.92 Å². The highest BCUT2D eigenvalue weighted by atomic mass is 16.5. The van der Waals surface area contributed by atoms with Crippen LogP contribution in [-0.4, -0.2) is 26.1 Å². The summed E-state index contributed by atoms with van der Waals surface area (Å²) in [7, 11) is 0. The molecule has 1 aliphatic heterocycles. The van der Waals surface area contributed by atoms with E-state index in [2.05, 4.69) is 21.5 Å². The second-order valence-electron chi connectivity index (χ2n) is 5.04. The number of nitrogens with two attached hydrogens (primary N) is 1. The van der Waals surface area contributed by atoms with E-state index in [1.54, 1.807) is 6.33 Å². The fourth-order valence-electron chi connectivity index (χ4n) is 3.08. The maximum absolute atomic E-state index is 5.97. The zero-order chi connectivity index (χ0) is 12.3. The lowest BCUT2D eigenvalue weighted by Crippen LogP contribution is -2.31. The topological polar surface area (TPSA) is 78.9 Å². The van der Waals surface area contributed by atoms with Crippen LogP contribution >= 0.6 is 0 Å². The van der Waals surface area contributed by atoms with Crippen LogP contribution in [0.4, 0.5) is 5.82 Å². The number of imidazole rings is 1. The van der Waals surface area contributed by atoms with Crippen LogP contribution in [0.3, 0.4) is 0 Å². The molecule has 4 rings (SSSR count). The summed E-state index contributed by atoms with van der Waals surface area (Å²) >= 11 is 0. The molecule has 1 aliphatic carbocycles. The molecular weight excluding hydrogens is 230 g/mol. The number of fused-ring (bicyclic) bond motifs is 3. The monoisotopic (exact) mass is 243 g/mol. The van der Waals surface area contributed by atoms with Crippen molar-refractivity contribution >= 4 is 17.0 Å². The van der Waals surface area contributed by atoms with Crippen molar-refractivity contribution in [3.8, 4) is 0 Å². The number of hydrogen-bond donors (Lipinski definition) is 1. The third-order valence-corrected chi connectivity index (χ3v) is 4.01. The van der Waals surface area contributed by atoms with Crippen LogP contribution in [-0.2, 0) is 10.5 Å². The SMILES string of the molecule is C=C1CC2(n3cnc4ncnc(N)c43)CC1CO2. The van der Waals surface area contributed by atoms with E-state index in [-0.39, 0.29) is 5.72 Å². The van der Waals surface area contributed by atoms with Crippen molar-refractivity contribution in [2.45, 2.75) is 18.6 Å². The van der Waals surface area contributed by atoms with Gasteiger partial charge in [-0.1, -0.05) is 12.2 Å². The summed E-state index contributed by atoms with van der Waals surface area (Å²) in [6.07, 6.45) is 4.93. The Labute approximate surface area is 103 Å². The highest BCUT2D eigenvalue weighted by Crippen LogP contribution is 2.51. The first kappa shape index (κ1) is 10.0. The highest BCUT2D eigenvalue weighted by Gasteiger charge is 2.50. The Hall–Kier alpha value is -1.95. The maximum Gasteiger partial charge on any atom is 0.183 e. The van der Waals surface area contributed by atoms with Gasteiger partial charge in [0, 0.05) is 18.8 Å². The summed E-state index contributed by atoms with van der Waals surface area (Å²) < 4.78 is 7.95. The van der Waals surface area contributed by atoms with Gasteiger partial charge in [0.05, 0.1) is 6.61 Å². The van der Waals surface area contributed by atoms with Gasteiger partial charge >= 0.3 is 0 Å². The van der Waals surface area contributed by atoms with Gasteiger partial charge in [-0.25, -0.2) is 15.0 Å². The summed E-state index contributed by atoms with van der Waals surface area (Å²) in [4.78, 5) is 12.5. The number of aromatic nitrogens is 4. The van der Waals surface area contributed by atoms with Crippen molar-refractivity contribution in [2.75, 3.05) is 12.3 Å². The number of nitrogen functional groups attached to an aromatic ring is 1. The molecule has 0 radical (unpaired) electrons. The van der Waals surface area contributed by atoms with Crippen molar-refractivity contribution < 1.29 is 4.74 Å². The molecule has 1 saturated heterocycles. The Balaban J connectivity index is 1.96. The molecule has 0 spiro atoms. The molecule has 0 aromatic carbocycles. The molecule has 2 atom stereocenters. The standard InChI is InChI=1S/C12H13N5O/c1-7-2-12(3-8(7)4-18-12)17-6-16-11-9(17)10(13)14-5-15-11/h5-6,8H,1-4H2,(H2,13,14,15). The summed E-state index contributed by atoms with van der Waals surface area (Å²) in [5.41, 5.74) is 8.18. The fraction of sp³-hybridized carbons (Fsp3) is 0.417. The molecule has 2 fully saturated rings. The molecule has 2 aromatic heterocycles. The highest BCUT2D eigenvalue weighted by molar-refractivity contribution is 5.81. The van der Waals surface area contributed by atoms with Crippen LogP contribution in [0.15, 0.2) is 24.8 Å². The van der Waals surface area contributed by atoms with E-state index < -0.39 is 0 Å². The van der Waals surface area contributed by atoms with E-state index in [0.29, 0.717) is 17.4 Å². The third-order valence-electron chi connectivity index (χ3n) is 4.01. The zero-order valence-corrected chi connectivity index (χ0v) is 9.83. The summed E-state index contributed by atoms with van der Waals surface area (Å²) in [6.45, 7) is 4.85. The molecule has 2 N–H and O–H groups in total. The van der Waals surface area contributed by atoms with Crippen molar-refractivity contribution in [2.24, 2.45) is 5.92 Å². The first-order valence-corrected chi connectivity index (χ1v) is 5.95. The van der Waals surface area contributed by atoms with Gasteiger partial charge in [-0.3, -0.25) is 4.57 Å². The van der Waals surface area contributed by atoms with Crippen molar-refractivity contribution in [1.82, 2.24) is 19.5 Å². The van der Waals surface area contributed by atoms with E-state index in [9.17, 15) is 0 Å². The number of hydrogen-bond acceptors (Lipinski definition) is 5. The lowest BCUT2D eigenvalue weighted by Gasteiger charge is -2.29. The van der Waals surface area contributed by atoms with E-state index in [1.807, 2.05) is 4.57 Å². The Kier molecular flexibility index (Phi) is 1.71. The zero-order valence-electron chi connectivity index (χ0n) is 9.83. The molecule has 2 bridgehead atoms. The second-order valence-corrected chi connectivity index (χ2v) is 5.04. The molecule has 2 unspecified atom stereocenters. The first-order valence-electron chi connectivity index (χ1n) is 5.95. The van der Waals surface area contributed by atoms with Gasteiger partial charge in [0.15, 0.2) is 17.2 Å². The Bertz CT molecular complexity index is 664. The Morgan fingerprint density at radius 1 is 1.44 bits per heavy atom. The van der Waals surface area contributed by atoms with Gasteiger partial charge in [0.2, 0.25) is 0 Å². The summed E-state index contributed by atoms with van der Waals surface area (Å²) in [6, 6.07) is 0. The number of rotatable bonds is 1. The quantitative estimate of drug-likeness (QED) is 0.757. The minimum atomic E-state index is -0.380. The molecule has 0 amide bonds. The number of ether oxygens (including phenoxy) is 1. The molecule has 92 valence electrons. The van der Waals surface area contributed by atoms with Gasteiger partial charge in [0.1, 0.15) is 18.2 Å². The normalized spacial score (nSPS) is 30.4. The fourth-order valence-corrected chi connectivity index (χ4v) is 3.08. The van der Waals surface area contributed by atoms with Crippen molar-refractivity contribution in [3.63, 3.8) is 0 Å². The van der Waals surface area contributed by atoms with Crippen molar-refractivity contribution in [3.05, 3.63) is 24.8 Å². The number of nitrogens with zero attached hydrogens (tertiary/aromatic N) is 4. The Morgan fingerprint density at radius 2 is 2.33 bits per heavy atom.